The van der Waals surface area contributed by atoms with E-state index in [0.29, 0.717) is 11.6 Å². The van der Waals surface area contributed by atoms with Crippen LogP contribution >= 0.6 is 0 Å². The van der Waals surface area contributed by atoms with Crippen molar-refractivity contribution in [1.29, 1.82) is 5.26 Å². The molecule has 0 bridgehead atoms. The molecule has 2 aromatic heterocycles. The first kappa shape index (κ1) is 14.3. The number of rotatable bonds is 3. The molecule has 0 saturated carbocycles. The van der Waals surface area contributed by atoms with Crippen LogP contribution in [0.1, 0.15) is 23.4 Å². The van der Waals surface area contributed by atoms with Gasteiger partial charge in [0.25, 0.3) is 0 Å². The molecule has 0 radical (unpaired) electrons. The largest absolute Gasteiger partial charge is 0.365 e. The van der Waals surface area contributed by atoms with E-state index in [-0.39, 0.29) is 0 Å². The fourth-order valence-corrected chi connectivity index (χ4v) is 2.68. The third-order valence-corrected chi connectivity index (χ3v) is 3.78. The van der Waals surface area contributed by atoms with Crippen LogP contribution < -0.4 is 10.2 Å². The number of nitrogens with one attached hydrogen (secondary N) is 1. The van der Waals surface area contributed by atoms with Crippen molar-refractivity contribution in [2.75, 3.05) is 23.3 Å². The number of nitrogens with zero attached hydrogens (tertiary/aromatic N) is 5. The molecule has 22 heavy (non-hydrogen) atoms. The second-order valence-electron chi connectivity index (χ2n) is 5.56. The van der Waals surface area contributed by atoms with Crippen LogP contribution in [0.5, 0.6) is 0 Å². The normalized spacial score (nSPS) is 17.3. The zero-order chi connectivity index (χ0) is 15.5. The van der Waals surface area contributed by atoms with E-state index in [4.69, 9.17) is 0 Å². The molecule has 1 N–H and O–H groups in total. The minimum atomic E-state index is 0.295. The molecule has 0 spiro atoms. The quantitative estimate of drug-likeness (QED) is 0.933. The second-order valence-corrected chi connectivity index (χ2v) is 5.56. The van der Waals surface area contributed by atoms with Crippen LogP contribution in [0.25, 0.3) is 0 Å². The molecule has 2 aromatic rings. The lowest BCUT2D eigenvalue weighted by Crippen LogP contribution is -2.27. The number of hydrogen-bond acceptors (Lipinski definition) is 6. The average Bonchev–Trinajstić information content (AvgIpc) is 2.95. The van der Waals surface area contributed by atoms with Gasteiger partial charge in [0.05, 0.1) is 5.56 Å². The predicted octanol–water partition coefficient (Wildman–Crippen LogP) is 2.05. The first-order chi connectivity index (χ1) is 10.7. The minimum Gasteiger partial charge on any atom is -0.365 e. The Morgan fingerprint density at radius 2 is 2.14 bits per heavy atom. The van der Waals surface area contributed by atoms with Crippen LogP contribution in [0.2, 0.25) is 0 Å². The average molecular weight is 294 g/mol. The lowest BCUT2D eigenvalue weighted by atomic mass is 10.2. The molecule has 1 fully saturated rings. The van der Waals surface area contributed by atoms with E-state index in [9.17, 15) is 5.26 Å². The van der Waals surface area contributed by atoms with Crippen molar-refractivity contribution >= 4 is 11.6 Å². The van der Waals surface area contributed by atoms with Gasteiger partial charge in [-0.3, -0.25) is 0 Å². The second kappa shape index (κ2) is 5.98. The number of anilines is 2. The van der Waals surface area contributed by atoms with Gasteiger partial charge in [0, 0.05) is 36.6 Å². The highest BCUT2D eigenvalue weighted by Crippen LogP contribution is 2.24. The molecule has 1 aliphatic rings. The van der Waals surface area contributed by atoms with E-state index in [1.165, 1.54) is 0 Å². The van der Waals surface area contributed by atoms with Gasteiger partial charge in [0.15, 0.2) is 0 Å². The summed E-state index contributed by atoms with van der Waals surface area (Å²) in [6.07, 6.45) is 2.56. The predicted molar refractivity (Wildman–Crippen MR) is 84.7 cm³/mol. The molecule has 1 aliphatic heterocycles. The van der Waals surface area contributed by atoms with Crippen molar-refractivity contribution in [3.05, 3.63) is 41.5 Å². The SMILES string of the molecule is Cc1cc(NC2CCN(c3nc(C)ccc3C#N)C2)ncn1. The van der Waals surface area contributed by atoms with E-state index < -0.39 is 0 Å². The molecule has 0 aliphatic carbocycles. The molecule has 0 amide bonds. The number of nitriles is 1. The van der Waals surface area contributed by atoms with Gasteiger partial charge < -0.3 is 10.2 Å². The molecular weight excluding hydrogens is 276 g/mol. The van der Waals surface area contributed by atoms with Crippen LogP contribution in [0, 0.1) is 25.2 Å². The summed E-state index contributed by atoms with van der Waals surface area (Å²) in [6, 6.07) is 8.17. The van der Waals surface area contributed by atoms with Gasteiger partial charge in [0.2, 0.25) is 0 Å². The number of aromatic nitrogens is 3. The molecule has 1 saturated heterocycles. The summed E-state index contributed by atoms with van der Waals surface area (Å²) in [5.41, 5.74) is 2.50. The Hall–Kier alpha value is -2.68. The zero-order valence-electron chi connectivity index (χ0n) is 12.7. The van der Waals surface area contributed by atoms with Crippen molar-refractivity contribution in [2.24, 2.45) is 0 Å². The van der Waals surface area contributed by atoms with E-state index in [1.807, 2.05) is 32.0 Å². The van der Waals surface area contributed by atoms with Crippen LogP contribution in [-0.2, 0) is 0 Å². The summed E-state index contributed by atoms with van der Waals surface area (Å²) in [6.45, 7) is 5.59. The molecule has 6 nitrogen and oxygen atoms in total. The standard InChI is InChI=1S/C16H18N6/c1-11-3-4-13(8-17)16(20-11)22-6-5-14(9-22)21-15-7-12(2)18-10-19-15/h3-4,7,10,14H,5-6,9H2,1-2H3,(H,18,19,21). The fourth-order valence-electron chi connectivity index (χ4n) is 2.68. The van der Waals surface area contributed by atoms with Crippen LogP contribution in [0.4, 0.5) is 11.6 Å². The zero-order valence-corrected chi connectivity index (χ0v) is 12.7. The first-order valence-electron chi connectivity index (χ1n) is 7.33. The van der Waals surface area contributed by atoms with Gasteiger partial charge in [-0.2, -0.15) is 5.26 Å². The summed E-state index contributed by atoms with van der Waals surface area (Å²) in [7, 11) is 0. The van der Waals surface area contributed by atoms with Crippen LogP contribution in [-0.4, -0.2) is 34.1 Å². The molecule has 3 rings (SSSR count). The Balaban J connectivity index is 1.73. The molecule has 3 heterocycles. The van der Waals surface area contributed by atoms with Gasteiger partial charge >= 0.3 is 0 Å². The summed E-state index contributed by atoms with van der Waals surface area (Å²) in [4.78, 5) is 15.0. The smallest absolute Gasteiger partial charge is 0.146 e. The minimum absolute atomic E-state index is 0.295. The van der Waals surface area contributed by atoms with Gasteiger partial charge in [-0.15, -0.1) is 0 Å². The van der Waals surface area contributed by atoms with Gasteiger partial charge in [-0.25, -0.2) is 15.0 Å². The van der Waals surface area contributed by atoms with Crippen LogP contribution in [0.3, 0.4) is 0 Å². The Bertz CT molecular complexity index is 721. The van der Waals surface area contributed by atoms with Crippen molar-refractivity contribution in [3.8, 4) is 6.07 Å². The summed E-state index contributed by atoms with van der Waals surface area (Å²) in [5, 5.41) is 12.7. The van der Waals surface area contributed by atoms with Gasteiger partial charge in [-0.05, 0) is 32.4 Å². The van der Waals surface area contributed by atoms with Crippen molar-refractivity contribution in [2.45, 2.75) is 26.3 Å². The number of pyridine rings is 1. The first-order valence-corrected chi connectivity index (χ1v) is 7.33. The molecule has 1 unspecified atom stereocenters. The topological polar surface area (TPSA) is 77.7 Å². The molecular formula is C16H18N6. The third-order valence-electron chi connectivity index (χ3n) is 3.78. The Morgan fingerprint density at radius 1 is 1.27 bits per heavy atom. The van der Waals surface area contributed by atoms with Crippen molar-refractivity contribution in [3.63, 3.8) is 0 Å². The highest BCUT2D eigenvalue weighted by atomic mass is 15.2. The molecule has 6 heteroatoms. The van der Waals surface area contributed by atoms with E-state index >= 15 is 0 Å². The summed E-state index contributed by atoms with van der Waals surface area (Å²) < 4.78 is 0. The summed E-state index contributed by atoms with van der Waals surface area (Å²) >= 11 is 0. The van der Waals surface area contributed by atoms with Crippen molar-refractivity contribution in [1.82, 2.24) is 15.0 Å². The highest BCUT2D eigenvalue weighted by Gasteiger charge is 2.25. The monoisotopic (exact) mass is 294 g/mol. The lowest BCUT2D eigenvalue weighted by molar-refractivity contribution is 0.797. The van der Waals surface area contributed by atoms with Gasteiger partial charge in [-0.1, -0.05) is 0 Å². The maximum atomic E-state index is 9.25. The number of aryl methyl sites for hydroxylation is 2. The molecule has 1 atom stereocenters. The highest BCUT2D eigenvalue weighted by molar-refractivity contribution is 5.55. The lowest BCUT2D eigenvalue weighted by Gasteiger charge is -2.19. The Labute approximate surface area is 129 Å². The van der Waals surface area contributed by atoms with Crippen molar-refractivity contribution < 1.29 is 0 Å². The van der Waals surface area contributed by atoms with Crippen LogP contribution in [0.15, 0.2) is 24.5 Å². The fraction of sp³-hybridized carbons (Fsp3) is 0.375. The third kappa shape index (κ3) is 2.98. The van der Waals surface area contributed by atoms with E-state index in [2.05, 4.69) is 31.2 Å². The Kier molecular flexibility index (Phi) is 3.88. The molecule has 0 aromatic carbocycles. The number of hydrogen-bond donors (Lipinski definition) is 1. The van der Waals surface area contributed by atoms with E-state index in [1.54, 1.807) is 6.33 Å². The molecule has 112 valence electrons. The maximum Gasteiger partial charge on any atom is 0.146 e. The maximum absolute atomic E-state index is 9.25. The van der Waals surface area contributed by atoms with Gasteiger partial charge in [0.1, 0.15) is 24.0 Å². The Morgan fingerprint density at radius 3 is 2.91 bits per heavy atom. The summed E-state index contributed by atoms with van der Waals surface area (Å²) in [5.74, 6) is 1.63. The van der Waals surface area contributed by atoms with E-state index in [0.717, 1.165) is 42.5 Å².